The number of hydrogen-bond donors (Lipinski definition) is 2. The molecule has 0 aliphatic heterocycles. The van der Waals surface area contributed by atoms with Crippen molar-refractivity contribution in [2.75, 3.05) is 0 Å². The summed E-state index contributed by atoms with van der Waals surface area (Å²) in [5.41, 5.74) is 0. The van der Waals surface area contributed by atoms with E-state index in [-0.39, 0.29) is 0 Å². The topological polar surface area (TPSA) is 32.3 Å². The van der Waals surface area contributed by atoms with Crippen molar-refractivity contribution in [2.45, 2.75) is 26.1 Å². The number of aliphatic hydroxyl groups excluding tert-OH is 1. The number of rotatable bonds is 2. The van der Waals surface area contributed by atoms with E-state index in [4.69, 9.17) is 5.11 Å². The molecule has 0 aromatic carbocycles. The fraction of sp³-hybridized carbons (Fsp3) is 0.800. The van der Waals surface area contributed by atoms with Crippen LogP contribution in [0.1, 0.15) is 13.8 Å². The van der Waals surface area contributed by atoms with Gasteiger partial charge in [0.2, 0.25) is 0 Å². The molecule has 0 bridgehead atoms. The molecule has 0 amide bonds. The summed E-state index contributed by atoms with van der Waals surface area (Å²) in [6, 6.07) is 0.312. The Kier molecular flexibility index (Phi) is 2.96. The van der Waals surface area contributed by atoms with E-state index in [2.05, 4.69) is 12.2 Å². The van der Waals surface area contributed by atoms with Gasteiger partial charge in [0.15, 0.2) is 0 Å². The molecule has 43 valence electrons. The Morgan fingerprint density at radius 2 is 2.00 bits per heavy atom. The third-order valence-corrected chi connectivity index (χ3v) is 0.526. The molecule has 2 nitrogen and oxygen atoms in total. The van der Waals surface area contributed by atoms with E-state index >= 15 is 0 Å². The van der Waals surface area contributed by atoms with E-state index in [1.54, 1.807) is 0 Å². The molecule has 0 aromatic rings. The van der Waals surface area contributed by atoms with Crippen molar-refractivity contribution >= 4 is 0 Å². The van der Waals surface area contributed by atoms with Crippen LogP contribution in [0.15, 0.2) is 0 Å². The SMILES string of the molecule is [CH2][C@H](O)NC(C)C. The van der Waals surface area contributed by atoms with Crippen LogP contribution in [0.2, 0.25) is 0 Å². The van der Waals surface area contributed by atoms with Gasteiger partial charge < -0.3 is 5.11 Å². The van der Waals surface area contributed by atoms with Crippen LogP contribution in [0, 0.1) is 6.92 Å². The predicted octanol–water partition coefficient (Wildman–Crippen LogP) is 0.137. The zero-order valence-corrected chi connectivity index (χ0v) is 4.81. The lowest BCUT2D eigenvalue weighted by Crippen LogP contribution is -2.31. The van der Waals surface area contributed by atoms with Crippen molar-refractivity contribution in [1.29, 1.82) is 0 Å². The molecule has 0 spiro atoms. The van der Waals surface area contributed by atoms with E-state index in [0.717, 1.165) is 0 Å². The van der Waals surface area contributed by atoms with Gasteiger partial charge in [-0.3, -0.25) is 5.32 Å². The van der Waals surface area contributed by atoms with E-state index in [1.807, 2.05) is 13.8 Å². The standard InChI is InChI=1S/C5H12NO/c1-4(2)6-5(3)7/h4-7H,3H2,1-2H3/t5-/m0/s1. The van der Waals surface area contributed by atoms with Gasteiger partial charge in [0.25, 0.3) is 0 Å². The zero-order valence-electron chi connectivity index (χ0n) is 4.81. The van der Waals surface area contributed by atoms with Gasteiger partial charge in [-0.1, -0.05) is 0 Å². The summed E-state index contributed by atoms with van der Waals surface area (Å²) >= 11 is 0. The smallest absolute Gasteiger partial charge is 0.105 e. The first-order chi connectivity index (χ1) is 3.13. The zero-order chi connectivity index (χ0) is 5.86. The number of hydrogen-bond acceptors (Lipinski definition) is 2. The Morgan fingerprint density at radius 3 is 2.00 bits per heavy atom. The molecule has 1 radical (unpaired) electrons. The Labute approximate surface area is 44.5 Å². The summed E-state index contributed by atoms with van der Waals surface area (Å²) in [4.78, 5) is 0. The Hall–Kier alpha value is -0.0800. The summed E-state index contributed by atoms with van der Waals surface area (Å²) in [6.07, 6.45) is -0.625. The van der Waals surface area contributed by atoms with Crippen molar-refractivity contribution < 1.29 is 5.11 Å². The molecule has 1 atom stereocenters. The molecule has 0 heterocycles. The summed E-state index contributed by atoms with van der Waals surface area (Å²) in [5, 5.41) is 11.3. The molecule has 2 N–H and O–H groups in total. The highest BCUT2D eigenvalue weighted by Gasteiger charge is 1.94. The predicted molar refractivity (Wildman–Crippen MR) is 29.6 cm³/mol. The second kappa shape index (κ2) is 2.99. The minimum atomic E-state index is -0.625. The summed E-state index contributed by atoms with van der Waals surface area (Å²) in [6.45, 7) is 7.23. The van der Waals surface area contributed by atoms with Crippen LogP contribution in [-0.2, 0) is 0 Å². The van der Waals surface area contributed by atoms with Crippen LogP contribution in [-0.4, -0.2) is 17.4 Å². The second-order valence-electron chi connectivity index (χ2n) is 1.84. The molecular formula is C5H12NO. The Bertz CT molecular complexity index is 37.3. The van der Waals surface area contributed by atoms with E-state index in [0.29, 0.717) is 6.04 Å². The van der Waals surface area contributed by atoms with Crippen LogP contribution >= 0.6 is 0 Å². The lowest BCUT2D eigenvalue weighted by Gasteiger charge is -2.08. The van der Waals surface area contributed by atoms with Gasteiger partial charge in [-0.05, 0) is 20.8 Å². The molecule has 0 rings (SSSR count). The Morgan fingerprint density at radius 1 is 1.57 bits per heavy atom. The van der Waals surface area contributed by atoms with E-state index < -0.39 is 6.23 Å². The first kappa shape index (κ1) is 6.92. The normalized spacial score (nSPS) is 15.0. The minimum Gasteiger partial charge on any atom is -0.379 e. The van der Waals surface area contributed by atoms with E-state index in [1.165, 1.54) is 0 Å². The molecule has 0 saturated carbocycles. The van der Waals surface area contributed by atoms with Crippen LogP contribution < -0.4 is 5.32 Å². The van der Waals surface area contributed by atoms with Gasteiger partial charge in [-0.25, -0.2) is 0 Å². The van der Waals surface area contributed by atoms with Crippen molar-refractivity contribution in [3.63, 3.8) is 0 Å². The molecule has 7 heavy (non-hydrogen) atoms. The van der Waals surface area contributed by atoms with E-state index in [9.17, 15) is 0 Å². The molecular weight excluding hydrogens is 90.1 g/mol. The first-order valence-electron chi connectivity index (χ1n) is 2.40. The van der Waals surface area contributed by atoms with Gasteiger partial charge in [0.05, 0.1) is 0 Å². The van der Waals surface area contributed by atoms with Crippen molar-refractivity contribution in [1.82, 2.24) is 5.32 Å². The molecule has 2 heteroatoms. The maximum Gasteiger partial charge on any atom is 0.105 e. The molecule has 0 fully saturated rings. The Balaban J connectivity index is 2.95. The third kappa shape index (κ3) is 5.92. The summed E-state index contributed by atoms with van der Waals surface area (Å²) < 4.78 is 0. The fourth-order valence-electron chi connectivity index (χ4n) is 0.385. The van der Waals surface area contributed by atoms with Gasteiger partial charge in [-0.2, -0.15) is 0 Å². The molecule has 0 aliphatic rings. The van der Waals surface area contributed by atoms with Crippen molar-refractivity contribution in [2.24, 2.45) is 0 Å². The van der Waals surface area contributed by atoms with Crippen LogP contribution in [0.4, 0.5) is 0 Å². The van der Waals surface area contributed by atoms with Crippen LogP contribution in [0.25, 0.3) is 0 Å². The van der Waals surface area contributed by atoms with Crippen LogP contribution in [0.3, 0.4) is 0 Å². The summed E-state index contributed by atoms with van der Waals surface area (Å²) in [5.74, 6) is 0. The maximum absolute atomic E-state index is 8.50. The highest BCUT2D eigenvalue weighted by Crippen LogP contribution is 1.77. The molecule has 0 aromatic heterocycles. The number of aliphatic hydroxyl groups is 1. The fourth-order valence-corrected chi connectivity index (χ4v) is 0.385. The third-order valence-electron chi connectivity index (χ3n) is 0.526. The number of nitrogens with one attached hydrogen (secondary N) is 1. The minimum absolute atomic E-state index is 0.312. The highest BCUT2D eigenvalue weighted by molar-refractivity contribution is 4.57. The van der Waals surface area contributed by atoms with Gasteiger partial charge in [0.1, 0.15) is 6.23 Å². The van der Waals surface area contributed by atoms with Crippen LogP contribution in [0.5, 0.6) is 0 Å². The molecule has 0 saturated heterocycles. The van der Waals surface area contributed by atoms with Gasteiger partial charge in [0, 0.05) is 6.04 Å². The van der Waals surface area contributed by atoms with Crippen molar-refractivity contribution in [3.05, 3.63) is 6.92 Å². The van der Waals surface area contributed by atoms with Crippen molar-refractivity contribution in [3.8, 4) is 0 Å². The second-order valence-corrected chi connectivity index (χ2v) is 1.84. The van der Waals surface area contributed by atoms with Gasteiger partial charge >= 0.3 is 0 Å². The highest BCUT2D eigenvalue weighted by atomic mass is 16.3. The average molecular weight is 102 g/mol. The molecule has 0 unspecified atom stereocenters. The molecule has 0 aliphatic carbocycles. The lowest BCUT2D eigenvalue weighted by atomic mass is 10.4. The maximum atomic E-state index is 8.50. The largest absolute Gasteiger partial charge is 0.379 e. The monoisotopic (exact) mass is 102 g/mol. The lowest BCUT2D eigenvalue weighted by molar-refractivity contribution is 0.171. The quantitative estimate of drug-likeness (QED) is 0.486. The average Bonchev–Trinajstić information content (AvgIpc) is 1.27. The summed E-state index contributed by atoms with van der Waals surface area (Å²) in [7, 11) is 0. The van der Waals surface area contributed by atoms with Gasteiger partial charge in [-0.15, -0.1) is 0 Å². The first-order valence-corrected chi connectivity index (χ1v) is 2.40.